The Morgan fingerprint density at radius 2 is 1.88 bits per heavy atom. The number of nitrogens with two attached hydrogens (primary N) is 1. The van der Waals surface area contributed by atoms with Gasteiger partial charge >= 0.3 is 0 Å². The quantitative estimate of drug-likeness (QED) is 0.820. The largest absolute Gasteiger partial charge is 0.328 e. The van der Waals surface area contributed by atoms with E-state index >= 15 is 0 Å². The summed E-state index contributed by atoms with van der Waals surface area (Å²) in [5, 5.41) is 0.967. The molecule has 3 unspecified atom stereocenters. The van der Waals surface area contributed by atoms with Crippen LogP contribution in [0.1, 0.15) is 24.8 Å². The normalized spacial score (nSPS) is 26.5. The highest BCUT2D eigenvalue weighted by atomic mass is 31.2. The molecule has 1 aliphatic carbocycles. The molecule has 0 aromatic heterocycles. The van der Waals surface area contributed by atoms with E-state index < -0.39 is 7.14 Å². The fourth-order valence-corrected chi connectivity index (χ4v) is 3.13. The molecule has 0 radical (unpaired) electrons. The van der Waals surface area contributed by atoms with Gasteiger partial charge in [-0.05, 0) is 44.1 Å². The summed E-state index contributed by atoms with van der Waals surface area (Å²) in [6, 6.07) is 8.52. The second-order valence-electron chi connectivity index (χ2n) is 5.31. The predicted octanol–water partition coefficient (Wildman–Crippen LogP) is 2.39. The van der Waals surface area contributed by atoms with Gasteiger partial charge < -0.3 is 10.3 Å². The third kappa shape index (κ3) is 2.39. The Balaban J connectivity index is 2.13. The molecule has 2 N–H and O–H groups in total. The molecule has 88 valence electrons. The molecule has 1 aromatic rings. The van der Waals surface area contributed by atoms with Crippen molar-refractivity contribution in [1.82, 2.24) is 0 Å². The predicted molar refractivity (Wildman–Crippen MR) is 70.0 cm³/mol. The van der Waals surface area contributed by atoms with Gasteiger partial charge in [0.05, 0.1) is 0 Å². The van der Waals surface area contributed by atoms with Gasteiger partial charge in [0.15, 0.2) is 0 Å². The Kier molecular flexibility index (Phi) is 2.98. The Bertz CT molecular complexity index is 418. The lowest BCUT2D eigenvalue weighted by molar-refractivity contribution is 0.588. The SMILES string of the molecule is CC(N)C1CC1c1ccc(P(C)(C)=O)cc1. The van der Waals surface area contributed by atoms with Crippen molar-refractivity contribution in [2.75, 3.05) is 13.3 Å². The van der Waals surface area contributed by atoms with Crippen molar-refractivity contribution >= 4 is 12.4 Å². The maximum Gasteiger partial charge on any atom is 0.109 e. The third-order valence-electron chi connectivity index (χ3n) is 3.46. The van der Waals surface area contributed by atoms with Crippen LogP contribution in [0.25, 0.3) is 0 Å². The fraction of sp³-hybridized carbons (Fsp3) is 0.538. The molecule has 0 spiro atoms. The Morgan fingerprint density at radius 3 is 2.25 bits per heavy atom. The summed E-state index contributed by atoms with van der Waals surface area (Å²) >= 11 is 0. The molecule has 2 rings (SSSR count). The molecular formula is C13H20NOP. The average molecular weight is 237 g/mol. The summed E-state index contributed by atoms with van der Waals surface area (Å²) in [5.74, 6) is 1.27. The summed E-state index contributed by atoms with van der Waals surface area (Å²) in [4.78, 5) is 0. The maximum atomic E-state index is 11.9. The van der Waals surface area contributed by atoms with Gasteiger partial charge in [0.1, 0.15) is 7.14 Å². The van der Waals surface area contributed by atoms with E-state index in [0.29, 0.717) is 11.8 Å². The van der Waals surface area contributed by atoms with Gasteiger partial charge in [-0.15, -0.1) is 0 Å². The highest BCUT2D eigenvalue weighted by molar-refractivity contribution is 7.70. The summed E-state index contributed by atoms with van der Waals surface area (Å²) in [6.07, 6.45) is 1.20. The molecule has 1 fully saturated rings. The van der Waals surface area contributed by atoms with E-state index in [2.05, 4.69) is 19.1 Å². The van der Waals surface area contributed by atoms with Gasteiger partial charge in [-0.3, -0.25) is 0 Å². The summed E-state index contributed by atoms with van der Waals surface area (Å²) in [7, 11) is -2.11. The second-order valence-corrected chi connectivity index (χ2v) is 8.53. The first-order chi connectivity index (χ1) is 7.39. The molecule has 16 heavy (non-hydrogen) atoms. The van der Waals surface area contributed by atoms with Crippen molar-refractivity contribution in [3.63, 3.8) is 0 Å². The van der Waals surface area contributed by atoms with Crippen LogP contribution < -0.4 is 11.0 Å². The van der Waals surface area contributed by atoms with Gasteiger partial charge in [-0.1, -0.05) is 24.3 Å². The minimum absolute atomic E-state index is 0.285. The molecule has 0 aliphatic heterocycles. The Morgan fingerprint density at radius 1 is 1.31 bits per heavy atom. The van der Waals surface area contributed by atoms with Crippen LogP contribution in [0.4, 0.5) is 0 Å². The van der Waals surface area contributed by atoms with Crippen molar-refractivity contribution in [1.29, 1.82) is 0 Å². The molecule has 3 atom stereocenters. The van der Waals surface area contributed by atoms with Crippen LogP contribution in [0.3, 0.4) is 0 Å². The van der Waals surface area contributed by atoms with E-state index in [1.165, 1.54) is 12.0 Å². The van der Waals surface area contributed by atoms with Crippen LogP contribution in [0.15, 0.2) is 24.3 Å². The van der Waals surface area contributed by atoms with E-state index in [0.717, 1.165) is 5.30 Å². The van der Waals surface area contributed by atoms with Gasteiger partial charge in [0, 0.05) is 11.3 Å². The number of rotatable bonds is 3. The molecular weight excluding hydrogens is 217 g/mol. The summed E-state index contributed by atoms with van der Waals surface area (Å²) < 4.78 is 11.9. The Hall–Kier alpha value is -0.590. The van der Waals surface area contributed by atoms with E-state index in [1.54, 1.807) is 0 Å². The monoisotopic (exact) mass is 237 g/mol. The highest BCUT2D eigenvalue weighted by Crippen LogP contribution is 2.49. The number of hydrogen-bond acceptors (Lipinski definition) is 2. The zero-order valence-electron chi connectivity index (χ0n) is 10.2. The lowest BCUT2D eigenvalue weighted by atomic mass is 10.1. The number of benzene rings is 1. The summed E-state index contributed by atoms with van der Waals surface area (Å²) in [5.41, 5.74) is 7.23. The lowest BCUT2D eigenvalue weighted by Crippen LogP contribution is -2.18. The zero-order chi connectivity index (χ0) is 11.9. The van der Waals surface area contributed by atoms with Gasteiger partial charge in [0.25, 0.3) is 0 Å². The van der Waals surface area contributed by atoms with Crippen LogP contribution in [0, 0.1) is 5.92 Å². The molecule has 0 bridgehead atoms. The fourth-order valence-electron chi connectivity index (χ4n) is 2.26. The highest BCUT2D eigenvalue weighted by Gasteiger charge is 2.40. The van der Waals surface area contributed by atoms with Crippen LogP contribution in [0.2, 0.25) is 0 Å². The van der Waals surface area contributed by atoms with E-state index in [4.69, 9.17) is 5.73 Å². The van der Waals surface area contributed by atoms with Crippen molar-refractivity contribution in [2.45, 2.75) is 25.3 Å². The molecule has 2 nitrogen and oxygen atoms in total. The minimum atomic E-state index is -2.11. The van der Waals surface area contributed by atoms with E-state index in [-0.39, 0.29) is 6.04 Å². The number of hydrogen-bond donors (Lipinski definition) is 1. The third-order valence-corrected chi connectivity index (χ3v) is 5.00. The van der Waals surface area contributed by atoms with Gasteiger partial charge in [-0.2, -0.15) is 0 Å². The zero-order valence-corrected chi connectivity index (χ0v) is 11.1. The van der Waals surface area contributed by atoms with Crippen LogP contribution in [0.5, 0.6) is 0 Å². The molecule has 1 aromatic carbocycles. The topological polar surface area (TPSA) is 43.1 Å². The van der Waals surface area contributed by atoms with Crippen LogP contribution >= 0.6 is 7.14 Å². The average Bonchev–Trinajstić information content (AvgIpc) is 2.96. The van der Waals surface area contributed by atoms with E-state index in [9.17, 15) is 4.57 Å². The first kappa shape index (κ1) is 11.9. The van der Waals surface area contributed by atoms with Crippen molar-refractivity contribution < 1.29 is 4.57 Å². The van der Waals surface area contributed by atoms with E-state index in [1.807, 2.05) is 25.5 Å². The van der Waals surface area contributed by atoms with Crippen molar-refractivity contribution in [3.8, 4) is 0 Å². The van der Waals surface area contributed by atoms with Crippen LogP contribution in [-0.2, 0) is 4.57 Å². The van der Waals surface area contributed by atoms with Gasteiger partial charge in [0.2, 0.25) is 0 Å². The standard InChI is InChI=1S/C13H20NOP/c1-9(14)12-8-13(12)10-4-6-11(7-5-10)16(2,3)15/h4-7,9,12-13H,8,14H2,1-3H3. The first-order valence-corrected chi connectivity index (χ1v) is 8.41. The molecule has 1 saturated carbocycles. The second kappa shape index (κ2) is 4.01. The lowest BCUT2D eigenvalue weighted by Gasteiger charge is -2.08. The molecule has 1 aliphatic rings. The molecule has 0 heterocycles. The first-order valence-electron chi connectivity index (χ1n) is 5.80. The molecule has 0 saturated heterocycles. The minimum Gasteiger partial charge on any atom is -0.328 e. The van der Waals surface area contributed by atoms with Crippen molar-refractivity contribution in [2.24, 2.45) is 11.7 Å². The van der Waals surface area contributed by atoms with Gasteiger partial charge in [-0.25, -0.2) is 0 Å². The smallest absolute Gasteiger partial charge is 0.109 e. The molecule has 3 heteroatoms. The van der Waals surface area contributed by atoms with Crippen molar-refractivity contribution in [3.05, 3.63) is 29.8 Å². The summed E-state index contributed by atoms with van der Waals surface area (Å²) in [6.45, 7) is 5.69. The molecule has 0 amide bonds. The van der Waals surface area contributed by atoms with Crippen LogP contribution in [-0.4, -0.2) is 19.4 Å². The maximum absolute atomic E-state index is 11.9. The Labute approximate surface area is 97.6 Å².